The Bertz CT molecular complexity index is 735. The summed E-state index contributed by atoms with van der Waals surface area (Å²) in [6.45, 7) is -0.365. The Balaban J connectivity index is 1.94. The highest BCUT2D eigenvalue weighted by Crippen LogP contribution is 2.35. The Labute approximate surface area is 160 Å². The van der Waals surface area contributed by atoms with Crippen molar-refractivity contribution in [3.63, 3.8) is 0 Å². The third-order valence-corrected chi connectivity index (χ3v) is 5.40. The van der Waals surface area contributed by atoms with E-state index >= 15 is 0 Å². The molecular formula is C17H23N3O6S. The second-order valence-corrected chi connectivity index (χ2v) is 7.05. The van der Waals surface area contributed by atoms with Gasteiger partial charge in [0.2, 0.25) is 0 Å². The predicted molar refractivity (Wildman–Crippen MR) is 98.9 cm³/mol. The summed E-state index contributed by atoms with van der Waals surface area (Å²) in [5.74, 6) is 1.21. The van der Waals surface area contributed by atoms with Crippen LogP contribution in [0, 0.1) is 0 Å². The minimum atomic E-state index is -1.14. The molecule has 1 aliphatic heterocycles. The first kappa shape index (κ1) is 19.9. The van der Waals surface area contributed by atoms with Gasteiger partial charge in [0.15, 0.2) is 0 Å². The molecule has 1 aromatic heterocycles. The lowest BCUT2D eigenvalue weighted by Crippen LogP contribution is -2.54. The van der Waals surface area contributed by atoms with Crippen LogP contribution < -0.4 is 9.47 Å². The van der Waals surface area contributed by atoms with Crippen LogP contribution in [0.5, 0.6) is 11.5 Å². The van der Waals surface area contributed by atoms with Crippen LogP contribution >= 0.6 is 11.8 Å². The summed E-state index contributed by atoms with van der Waals surface area (Å²) in [5.41, 5.74) is 0.646. The number of benzene rings is 1. The molecule has 0 spiro atoms. The van der Waals surface area contributed by atoms with E-state index in [9.17, 15) is 15.3 Å². The van der Waals surface area contributed by atoms with Crippen LogP contribution in [-0.2, 0) is 4.74 Å². The minimum absolute atomic E-state index is 0.365. The average molecular weight is 397 g/mol. The zero-order valence-corrected chi connectivity index (χ0v) is 16.0. The molecule has 0 aliphatic carbocycles. The molecule has 1 saturated heterocycles. The van der Waals surface area contributed by atoms with Crippen molar-refractivity contribution in [2.24, 2.45) is 0 Å². The standard InChI is InChI=1S/C17H23N3O6S/c1-24-10-4-9(5-11(6-10)25-2)12-7-20(19-18-12)14-15(22)13(8-21)26-17(27-3)16(14)23/h4-7,13-17,21-23H,8H2,1-3H3/t13-,14+,15+,16-,17+/m1/s1. The molecule has 3 N–H and O–H groups in total. The Morgan fingerprint density at radius 2 is 1.81 bits per heavy atom. The van der Waals surface area contributed by atoms with Gasteiger partial charge < -0.3 is 29.5 Å². The third-order valence-electron chi connectivity index (χ3n) is 4.54. The number of aliphatic hydroxyl groups excluding tert-OH is 3. The molecule has 1 aliphatic rings. The van der Waals surface area contributed by atoms with Crippen LogP contribution in [0.1, 0.15) is 6.04 Å². The molecular weight excluding hydrogens is 374 g/mol. The molecule has 27 heavy (non-hydrogen) atoms. The molecule has 5 atom stereocenters. The van der Waals surface area contributed by atoms with E-state index in [1.807, 2.05) is 0 Å². The molecule has 1 aromatic carbocycles. The van der Waals surface area contributed by atoms with Gasteiger partial charge in [-0.2, -0.15) is 0 Å². The van der Waals surface area contributed by atoms with Gasteiger partial charge in [0.25, 0.3) is 0 Å². The van der Waals surface area contributed by atoms with Crippen molar-refractivity contribution in [2.75, 3.05) is 27.1 Å². The van der Waals surface area contributed by atoms with Crippen LogP contribution in [0.4, 0.5) is 0 Å². The molecule has 10 heteroatoms. The summed E-state index contributed by atoms with van der Waals surface area (Å²) in [4.78, 5) is 0. The van der Waals surface area contributed by atoms with Crippen molar-refractivity contribution in [1.29, 1.82) is 0 Å². The maximum atomic E-state index is 10.6. The Kier molecular flexibility index (Phi) is 6.22. The van der Waals surface area contributed by atoms with Gasteiger partial charge in [-0.15, -0.1) is 16.9 Å². The number of rotatable bonds is 6. The lowest BCUT2D eigenvalue weighted by Gasteiger charge is -2.41. The monoisotopic (exact) mass is 397 g/mol. The first-order chi connectivity index (χ1) is 13.0. The van der Waals surface area contributed by atoms with Crippen molar-refractivity contribution >= 4 is 11.8 Å². The minimum Gasteiger partial charge on any atom is -0.497 e. The number of aliphatic hydroxyl groups is 3. The zero-order chi connectivity index (χ0) is 19.6. The molecule has 0 unspecified atom stereocenters. The highest BCUT2D eigenvalue weighted by molar-refractivity contribution is 7.99. The van der Waals surface area contributed by atoms with Gasteiger partial charge >= 0.3 is 0 Å². The molecule has 2 aromatic rings. The SMILES string of the molecule is COc1cc(OC)cc(-c2cn([C@H]3[C@@H](O)[C@@H](CO)O[C@@H](SC)[C@@H]3O)nn2)c1. The highest BCUT2D eigenvalue weighted by atomic mass is 32.2. The van der Waals surface area contributed by atoms with Crippen molar-refractivity contribution in [1.82, 2.24) is 15.0 Å². The van der Waals surface area contributed by atoms with E-state index in [1.165, 1.54) is 16.4 Å². The van der Waals surface area contributed by atoms with Crippen molar-refractivity contribution in [3.05, 3.63) is 24.4 Å². The number of nitrogens with zero attached hydrogens (tertiary/aromatic N) is 3. The van der Waals surface area contributed by atoms with Crippen LogP contribution in [0.3, 0.4) is 0 Å². The average Bonchev–Trinajstić information content (AvgIpc) is 3.17. The van der Waals surface area contributed by atoms with E-state index in [-0.39, 0.29) is 6.61 Å². The summed E-state index contributed by atoms with van der Waals surface area (Å²) in [6.07, 6.45) is 0.435. The van der Waals surface area contributed by atoms with Crippen molar-refractivity contribution in [3.8, 4) is 22.8 Å². The summed E-state index contributed by atoms with van der Waals surface area (Å²) in [5, 5.41) is 38.8. The fourth-order valence-corrected chi connectivity index (χ4v) is 3.78. The molecule has 3 rings (SSSR count). The number of ether oxygens (including phenoxy) is 3. The number of hydrogen-bond donors (Lipinski definition) is 3. The molecule has 148 valence electrons. The largest absolute Gasteiger partial charge is 0.497 e. The van der Waals surface area contributed by atoms with Gasteiger partial charge in [-0.3, -0.25) is 0 Å². The van der Waals surface area contributed by atoms with Gasteiger partial charge in [-0.1, -0.05) is 5.21 Å². The maximum Gasteiger partial charge on any atom is 0.131 e. The van der Waals surface area contributed by atoms with Crippen molar-refractivity contribution in [2.45, 2.75) is 29.8 Å². The van der Waals surface area contributed by atoms with Gasteiger partial charge in [0, 0.05) is 11.6 Å². The van der Waals surface area contributed by atoms with Gasteiger partial charge in [-0.05, 0) is 18.4 Å². The van der Waals surface area contributed by atoms with E-state index in [4.69, 9.17) is 14.2 Å². The Morgan fingerprint density at radius 3 is 2.37 bits per heavy atom. The fourth-order valence-electron chi connectivity index (χ4n) is 3.09. The molecule has 9 nitrogen and oxygen atoms in total. The van der Waals surface area contributed by atoms with E-state index in [0.29, 0.717) is 22.8 Å². The molecule has 0 bridgehead atoms. The molecule has 1 fully saturated rings. The Morgan fingerprint density at radius 1 is 1.15 bits per heavy atom. The normalized spacial score (nSPS) is 28.1. The van der Waals surface area contributed by atoms with Crippen LogP contribution in [0.15, 0.2) is 24.4 Å². The summed E-state index contributed by atoms with van der Waals surface area (Å²) in [7, 11) is 3.11. The van der Waals surface area contributed by atoms with Crippen LogP contribution in [0.25, 0.3) is 11.3 Å². The fraction of sp³-hybridized carbons (Fsp3) is 0.529. The predicted octanol–water partition coefficient (Wildman–Crippen LogP) is 0.305. The van der Waals surface area contributed by atoms with Crippen LogP contribution in [0.2, 0.25) is 0 Å². The zero-order valence-electron chi connectivity index (χ0n) is 15.2. The molecule has 0 amide bonds. The lowest BCUT2D eigenvalue weighted by atomic mass is 9.97. The summed E-state index contributed by atoms with van der Waals surface area (Å²) in [6, 6.07) is 4.51. The summed E-state index contributed by atoms with van der Waals surface area (Å²) < 4.78 is 17.5. The lowest BCUT2D eigenvalue weighted by molar-refractivity contribution is -0.178. The summed E-state index contributed by atoms with van der Waals surface area (Å²) >= 11 is 1.30. The number of methoxy groups -OCH3 is 2. The topological polar surface area (TPSA) is 119 Å². The quantitative estimate of drug-likeness (QED) is 0.632. The highest BCUT2D eigenvalue weighted by Gasteiger charge is 2.45. The molecule has 0 saturated carbocycles. The smallest absolute Gasteiger partial charge is 0.131 e. The third kappa shape index (κ3) is 3.90. The first-order valence-electron chi connectivity index (χ1n) is 8.33. The van der Waals surface area contributed by atoms with Gasteiger partial charge in [-0.25, -0.2) is 4.68 Å². The number of aromatic nitrogens is 3. The van der Waals surface area contributed by atoms with E-state index in [2.05, 4.69) is 10.3 Å². The number of thioether (sulfide) groups is 1. The Hall–Kier alpha value is -1.85. The second kappa shape index (κ2) is 8.44. The molecule has 2 heterocycles. The number of hydrogen-bond acceptors (Lipinski definition) is 9. The van der Waals surface area contributed by atoms with E-state index in [1.54, 1.807) is 44.9 Å². The first-order valence-corrected chi connectivity index (χ1v) is 9.61. The van der Waals surface area contributed by atoms with Crippen LogP contribution in [-0.4, -0.2) is 81.1 Å². The van der Waals surface area contributed by atoms with Gasteiger partial charge in [0.1, 0.15) is 47.0 Å². The maximum absolute atomic E-state index is 10.6. The van der Waals surface area contributed by atoms with Crippen molar-refractivity contribution < 1.29 is 29.5 Å². The second-order valence-electron chi connectivity index (χ2n) is 6.12. The van der Waals surface area contributed by atoms with E-state index in [0.717, 1.165) is 0 Å². The van der Waals surface area contributed by atoms with E-state index < -0.39 is 29.8 Å². The van der Waals surface area contributed by atoms with Gasteiger partial charge in [0.05, 0.1) is 27.0 Å². The molecule has 0 radical (unpaired) electrons.